The molecular formula is C17H24O3. The van der Waals surface area contributed by atoms with Gasteiger partial charge < -0.3 is 14.6 Å². The molecule has 1 unspecified atom stereocenters. The van der Waals surface area contributed by atoms with E-state index in [-0.39, 0.29) is 19.5 Å². The van der Waals surface area contributed by atoms with Gasteiger partial charge in [-0.3, -0.25) is 0 Å². The van der Waals surface area contributed by atoms with Gasteiger partial charge in [0.1, 0.15) is 19.5 Å². The molecule has 0 amide bonds. The van der Waals surface area contributed by atoms with E-state index in [1.54, 1.807) is 0 Å². The lowest BCUT2D eigenvalue weighted by atomic mass is 10.1. The number of unbranched alkanes of at least 4 members (excludes halogenated alkanes) is 2. The molecule has 0 bridgehead atoms. The predicted molar refractivity (Wildman–Crippen MR) is 80.0 cm³/mol. The minimum absolute atomic E-state index is 0.126. The van der Waals surface area contributed by atoms with E-state index in [0.717, 1.165) is 18.4 Å². The highest BCUT2D eigenvalue weighted by atomic mass is 16.7. The number of hydrogen-bond donors (Lipinski definition) is 1. The molecule has 1 N–H and O–H groups in total. The molecule has 1 atom stereocenters. The van der Waals surface area contributed by atoms with Crippen molar-refractivity contribution in [2.75, 3.05) is 13.4 Å². The number of hydrogen-bond acceptors (Lipinski definition) is 3. The number of rotatable bonds is 9. The summed E-state index contributed by atoms with van der Waals surface area (Å²) < 4.78 is 11.1. The molecule has 0 spiro atoms. The van der Waals surface area contributed by atoms with Crippen molar-refractivity contribution in [2.24, 2.45) is 0 Å². The van der Waals surface area contributed by atoms with Crippen LogP contribution in [0.4, 0.5) is 0 Å². The van der Waals surface area contributed by atoms with Gasteiger partial charge in [-0.15, -0.1) is 0 Å². The van der Waals surface area contributed by atoms with Gasteiger partial charge in [-0.05, 0) is 18.4 Å². The molecule has 3 heteroatoms. The average molecular weight is 276 g/mol. The van der Waals surface area contributed by atoms with E-state index in [2.05, 4.69) is 18.8 Å². The first-order valence-electron chi connectivity index (χ1n) is 7.19. The van der Waals surface area contributed by atoms with E-state index in [0.29, 0.717) is 6.61 Å². The van der Waals surface area contributed by atoms with Crippen LogP contribution in [-0.4, -0.2) is 24.6 Å². The van der Waals surface area contributed by atoms with Gasteiger partial charge in [0.15, 0.2) is 0 Å². The third-order valence-corrected chi connectivity index (χ3v) is 2.88. The van der Waals surface area contributed by atoms with Crippen molar-refractivity contribution in [3.8, 4) is 11.8 Å². The van der Waals surface area contributed by atoms with Gasteiger partial charge in [0.25, 0.3) is 0 Å². The molecule has 1 rings (SSSR count). The molecule has 20 heavy (non-hydrogen) atoms. The molecule has 0 radical (unpaired) electrons. The Balaban J connectivity index is 2.23. The summed E-state index contributed by atoms with van der Waals surface area (Å²) in [4.78, 5) is 0. The summed E-state index contributed by atoms with van der Waals surface area (Å²) in [7, 11) is 0. The zero-order chi connectivity index (χ0) is 14.5. The maximum absolute atomic E-state index is 8.75. The van der Waals surface area contributed by atoms with Crippen molar-refractivity contribution in [3.63, 3.8) is 0 Å². The fourth-order valence-corrected chi connectivity index (χ4v) is 1.80. The van der Waals surface area contributed by atoms with Crippen molar-refractivity contribution in [1.29, 1.82) is 0 Å². The van der Waals surface area contributed by atoms with E-state index in [4.69, 9.17) is 14.6 Å². The Morgan fingerprint density at radius 1 is 1.20 bits per heavy atom. The SMILES string of the molecule is CCCCCC(C#CCO)OCOCc1ccccc1. The van der Waals surface area contributed by atoms with Crippen LogP contribution in [0.2, 0.25) is 0 Å². The topological polar surface area (TPSA) is 38.7 Å². The lowest BCUT2D eigenvalue weighted by molar-refractivity contribution is -0.0817. The summed E-state index contributed by atoms with van der Waals surface area (Å²) in [5.41, 5.74) is 1.13. The quantitative estimate of drug-likeness (QED) is 0.428. The first kappa shape index (κ1) is 16.7. The fourth-order valence-electron chi connectivity index (χ4n) is 1.80. The second-order valence-electron chi connectivity index (χ2n) is 4.58. The highest BCUT2D eigenvalue weighted by Gasteiger charge is 2.05. The molecule has 110 valence electrons. The van der Waals surface area contributed by atoms with Crippen molar-refractivity contribution >= 4 is 0 Å². The smallest absolute Gasteiger partial charge is 0.148 e. The van der Waals surface area contributed by atoms with Crippen LogP contribution in [0.1, 0.15) is 38.2 Å². The Kier molecular flexibility index (Phi) is 9.60. The molecule has 0 aliphatic carbocycles. The van der Waals surface area contributed by atoms with E-state index in [1.807, 2.05) is 30.3 Å². The summed E-state index contributed by atoms with van der Waals surface area (Å²) in [5.74, 6) is 5.58. The van der Waals surface area contributed by atoms with Crippen LogP contribution in [0.15, 0.2) is 30.3 Å². The van der Waals surface area contributed by atoms with Crippen LogP contribution in [0, 0.1) is 11.8 Å². The van der Waals surface area contributed by atoms with Crippen LogP contribution < -0.4 is 0 Å². The third-order valence-electron chi connectivity index (χ3n) is 2.88. The molecule has 0 heterocycles. The lowest BCUT2D eigenvalue weighted by Crippen LogP contribution is -2.13. The van der Waals surface area contributed by atoms with Crippen molar-refractivity contribution < 1.29 is 14.6 Å². The molecule has 0 aromatic heterocycles. The Morgan fingerprint density at radius 2 is 2.00 bits per heavy atom. The normalized spacial score (nSPS) is 11.7. The van der Waals surface area contributed by atoms with E-state index in [9.17, 15) is 0 Å². The van der Waals surface area contributed by atoms with Gasteiger partial charge >= 0.3 is 0 Å². The summed E-state index contributed by atoms with van der Waals surface area (Å²) in [6.45, 7) is 2.80. The first-order valence-corrected chi connectivity index (χ1v) is 7.19. The third kappa shape index (κ3) is 7.96. The van der Waals surface area contributed by atoms with Crippen LogP contribution in [0.5, 0.6) is 0 Å². The summed E-state index contributed by atoms with van der Waals surface area (Å²) in [6, 6.07) is 9.99. The predicted octanol–water partition coefficient (Wildman–Crippen LogP) is 3.12. The van der Waals surface area contributed by atoms with Crippen LogP contribution in [0.25, 0.3) is 0 Å². The lowest BCUT2D eigenvalue weighted by Gasteiger charge is -2.12. The van der Waals surface area contributed by atoms with Gasteiger partial charge in [0.05, 0.1) is 6.61 Å². The van der Waals surface area contributed by atoms with Crippen molar-refractivity contribution in [3.05, 3.63) is 35.9 Å². The minimum Gasteiger partial charge on any atom is -0.384 e. The number of aliphatic hydroxyl groups excluding tert-OH is 1. The molecule has 3 nitrogen and oxygen atoms in total. The maximum Gasteiger partial charge on any atom is 0.148 e. The highest BCUT2D eigenvalue weighted by molar-refractivity contribution is 5.13. The average Bonchev–Trinajstić information content (AvgIpc) is 2.49. The van der Waals surface area contributed by atoms with Gasteiger partial charge in [0, 0.05) is 0 Å². The zero-order valence-electron chi connectivity index (χ0n) is 12.2. The summed E-state index contributed by atoms with van der Waals surface area (Å²) >= 11 is 0. The van der Waals surface area contributed by atoms with Crippen molar-refractivity contribution in [2.45, 2.75) is 45.3 Å². The van der Waals surface area contributed by atoms with Crippen LogP contribution in [-0.2, 0) is 16.1 Å². The molecule has 0 saturated carbocycles. The molecule has 1 aromatic rings. The summed E-state index contributed by atoms with van der Waals surface area (Å²) in [5, 5.41) is 8.75. The van der Waals surface area contributed by atoms with Crippen molar-refractivity contribution in [1.82, 2.24) is 0 Å². The standard InChI is InChI=1S/C17H24O3/c1-2-3-5-11-17(12-8-13-18)20-15-19-14-16-9-6-4-7-10-16/h4,6-7,9-10,17-18H,2-3,5,11,13-15H2,1H3. The maximum atomic E-state index is 8.75. The van der Waals surface area contributed by atoms with Gasteiger partial charge in [-0.25, -0.2) is 0 Å². The summed E-state index contributed by atoms with van der Waals surface area (Å²) in [6.07, 6.45) is 4.16. The van der Waals surface area contributed by atoms with E-state index < -0.39 is 0 Å². The second-order valence-corrected chi connectivity index (χ2v) is 4.58. The van der Waals surface area contributed by atoms with Crippen LogP contribution in [0.3, 0.4) is 0 Å². The Bertz CT molecular complexity index is 392. The first-order chi connectivity index (χ1) is 9.86. The Labute approximate surface area is 121 Å². The highest BCUT2D eigenvalue weighted by Crippen LogP contribution is 2.07. The van der Waals surface area contributed by atoms with Gasteiger partial charge in [-0.2, -0.15) is 0 Å². The fraction of sp³-hybridized carbons (Fsp3) is 0.529. The number of ether oxygens (including phenoxy) is 2. The van der Waals surface area contributed by atoms with E-state index >= 15 is 0 Å². The number of benzene rings is 1. The molecule has 1 aromatic carbocycles. The van der Waals surface area contributed by atoms with Gasteiger partial charge in [-0.1, -0.05) is 61.9 Å². The van der Waals surface area contributed by atoms with Gasteiger partial charge in [0.2, 0.25) is 0 Å². The largest absolute Gasteiger partial charge is 0.384 e. The molecular weight excluding hydrogens is 252 g/mol. The molecule has 0 aliphatic heterocycles. The Morgan fingerprint density at radius 3 is 2.70 bits per heavy atom. The monoisotopic (exact) mass is 276 g/mol. The Hall–Kier alpha value is -1.34. The zero-order valence-corrected chi connectivity index (χ0v) is 12.2. The molecule has 0 saturated heterocycles. The molecule has 0 fully saturated rings. The number of aliphatic hydroxyl groups is 1. The van der Waals surface area contributed by atoms with E-state index in [1.165, 1.54) is 12.8 Å². The second kappa shape index (κ2) is 11.5. The molecule has 0 aliphatic rings. The van der Waals surface area contributed by atoms with Crippen LogP contribution >= 0.6 is 0 Å². The minimum atomic E-state index is -0.149.